The van der Waals surface area contributed by atoms with Gasteiger partial charge in [0.25, 0.3) is 0 Å². The Morgan fingerprint density at radius 2 is 1.91 bits per heavy atom. The zero-order chi connectivity index (χ0) is 16.8. The van der Waals surface area contributed by atoms with Crippen LogP contribution < -0.4 is 15.4 Å². The second-order valence-corrected chi connectivity index (χ2v) is 5.39. The number of hydrogen-bond donors (Lipinski definition) is 3. The van der Waals surface area contributed by atoms with Gasteiger partial charge in [-0.15, -0.1) is 0 Å². The van der Waals surface area contributed by atoms with Crippen molar-refractivity contribution in [2.45, 2.75) is 20.0 Å². The van der Waals surface area contributed by atoms with Gasteiger partial charge in [-0.2, -0.15) is 0 Å². The van der Waals surface area contributed by atoms with Gasteiger partial charge in [-0.25, -0.2) is 4.79 Å². The predicted octanol–water partition coefficient (Wildman–Crippen LogP) is 3.17. The fraction of sp³-hybridized carbons (Fsp3) is 0.278. The monoisotopic (exact) mass is 314 g/mol. The number of anilines is 1. The summed E-state index contributed by atoms with van der Waals surface area (Å²) in [5, 5.41) is 15.6. The second kappa shape index (κ2) is 7.65. The molecule has 0 aliphatic heterocycles. The molecule has 0 saturated carbocycles. The van der Waals surface area contributed by atoms with Crippen LogP contribution in [0.4, 0.5) is 10.5 Å². The molecule has 2 aromatic rings. The quantitative estimate of drug-likeness (QED) is 0.794. The molecule has 0 fully saturated rings. The summed E-state index contributed by atoms with van der Waals surface area (Å²) in [6.45, 7) is 4.10. The first-order chi connectivity index (χ1) is 11.0. The van der Waals surface area contributed by atoms with E-state index in [1.165, 1.54) is 5.56 Å². The van der Waals surface area contributed by atoms with Gasteiger partial charge in [-0.1, -0.05) is 24.3 Å². The van der Waals surface area contributed by atoms with Crippen LogP contribution in [-0.2, 0) is 0 Å². The lowest BCUT2D eigenvalue weighted by atomic mass is 10.1. The van der Waals surface area contributed by atoms with Crippen molar-refractivity contribution in [1.29, 1.82) is 0 Å². The van der Waals surface area contributed by atoms with Gasteiger partial charge in [-0.3, -0.25) is 0 Å². The number of methoxy groups -OCH3 is 1. The Labute approximate surface area is 136 Å². The molecule has 0 aliphatic rings. The van der Waals surface area contributed by atoms with Crippen molar-refractivity contribution in [3.05, 3.63) is 59.2 Å². The van der Waals surface area contributed by atoms with Crippen LogP contribution in [0.1, 0.15) is 22.8 Å². The first-order valence-electron chi connectivity index (χ1n) is 7.44. The molecule has 1 unspecified atom stereocenters. The van der Waals surface area contributed by atoms with Gasteiger partial charge in [0.05, 0.1) is 13.2 Å². The van der Waals surface area contributed by atoms with E-state index >= 15 is 0 Å². The summed E-state index contributed by atoms with van der Waals surface area (Å²) in [4.78, 5) is 11.9. The minimum atomic E-state index is -0.836. The average Bonchev–Trinajstić information content (AvgIpc) is 2.56. The molecular formula is C18H22N2O3. The highest BCUT2D eigenvalue weighted by molar-refractivity contribution is 5.89. The lowest BCUT2D eigenvalue weighted by Gasteiger charge is -2.16. The molecule has 23 heavy (non-hydrogen) atoms. The minimum Gasteiger partial charge on any atom is -0.496 e. The molecule has 0 spiro atoms. The van der Waals surface area contributed by atoms with Crippen LogP contribution in [0.5, 0.6) is 5.75 Å². The Balaban J connectivity index is 1.92. The van der Waals surface area contributed by atoms with Crippen molar-refractivity contribution in [3.63, 3.8) is 0 Å². The summed E-state index contributed by atoms with van der Waals surface area (Å²) in [5.74, 6) is 0.594. The molecule has 122 valence electrons. The number of carbonyl (C=O) groups is 1. The van der Waals surface area contributed by atoms with Crippen molar-refractivity contribution in [2.75, 3.05) is 19.0 Å². The lowest BCUT2D eigenvalue weighted by molar-refractivity contribution is 0.171. The van der Waals surface area contributed by atoms with Gasteiger partial charge in [-0.05, 0) is 43.2 Å². The maximum absolute atomic E-state index is 11.9. The highest BCUT2D eigenvalue weighted by Crippen LogP contribution is 2.24. The first kappa shape index (κ1) is 16.8. The Bertz CT molecular complexity index is 686. The van der Waals surface area contributed by atoms with Gasteiger partial charge >= 0.3 is 6.03 Å². The smallest absolute Gasteiger partial charge is 0.319 e. The van der Waals surface area contributed by atoms with Crippen LogP contribution in [0.3, 0.4) is 0 Å². The Morgan fingerprint density at radius 3 is 2.61 bits per heavy atom. The summed E-state index contributed by atoms with van der Waals surface area (Å²) in [6.07, 6.45) is -0.836. The zero-order valence-electron chi connectivity index (χ0n) is 13.6. The average molecular weight is 314 g/mol. The molecule has 0 radical (unpaired) electrons. The van der Waals surface area contributed by atoms with E-state index in [0.29, 0.717) is 11.3 Å². The van der Waals surface area contributed by atoms with Crippen LogP contribution in [0.2, 0.25) is 0 Å². The van der Waals surface area contributed by atoms with Crippen LogP contribution in [0, 0.1) is 13.8 Å². The fourth-order valence-corrected chi connectivity index (χ4v) is 2.24. The number of benzene rings is 2. The number of urea groups is 1. The van der Waals surface area contributed by atoms with Gasteiger partial charge < -0.3 is 20.5 Å². The Kier molecular flexibility index (Phi) is 5.60. The Morgan fingerprint density at radius 1 is 1.17 bits per heavy atom. The van der Waals surface area contributed by atoms with Gasteiger partial charge in [0.2, 0.25) is 0 Å². The van der Waals surface area contributed by atoms with Crippen molar-refractivity contribution in [3.8, 4) is 5.75 Å². The molecule has 0 bridgehead atoms. The molecule has 2 amide bonds. The number of carbonyl (C=O) groups excluding carboxylic acids is 1. The third-order valence-electron chi connectivity index (χ3n) is 3.72. The van der Waals surface area contributed by atoms with Crippen molar-refractivity contribution in [1.82, 2.24) is 5.32 Å². The van der Waals surface area contributed by atoms with Crippen LogP contribution in [0.25, 0.3) is 0 Å². The standard InChI is InChI=1S/C18H22N2O3/c1-12-8-9-14(10-13(12)2)20-18(22)19-11-16(21)15-6-4-5-7-17(15)23-3/h4-10,16,21H,11H2,1-3H3,(H2,19,20,22). The molecule has 0 aliphatic carbocycles. The van der Waals surface area contributed by atoms with E-state index in [4.69, 9.17) is 4.74 Å². The van der Waals surface area contributed by atoms with Crippen LogP contribution >= 0.6 is 0 Å². The van der Waals surface area contributed by atoms with E-state index in [0.717, 1.165) is 11.3 Å². The number of nitrogens with one attached hydrogen (secondary N) is 2. The van der Waals surface area contributed by atoms with Gasteiger partial charge in [0.15, 0.2) is 0 Å². The van der Waals surface area contributed by atoms with E-state index < -0.39 is 6.10 Å². The number of aryl methyl sites for hydroxylation is 2. The summed E-state index contributed by atoms with van der Waals surface area (Å²) >= 11 is 0. The van der Waals surface area contributed by atoms with E-state index in [9.17, 15) is 9.90 Å². The van der Waals surface area contributed by atoms with E-state index in [1.807, 2.05) is 44.2 Å². The van der Waals surface area contributed by atoms with E-state index in [2.05, 4.69) is 10.6 Å². The van der Waals surface area contributed by atoms with Crippen molar-refractivity contribution >= 4 is 11.7 Å². The minimum absolute atomic E-state index is 0.0943. The Hall–Kier alpha value is -2.53. The third-order valence-corrected chi connectivity index (χ3v) is 3.72. The second-order valence-electron chi connectivity index (χ2n) is 5.39. The fourth-order valence-electron chi connectivity index (χ4n) is 2.24. The maximum atomic E-state index is 11.9. The van der Waals surface area contributed by atoms with Gasteiger partial charge in [0, 0.05) is 17.8 Å². The molecule has 0 heterocycles. The number of ether oxygens (including phenoxy) is 1. The van der Waals surface area contributed by atoms with Crippen molar-refractivity contribution in [2.24, 2.45) is 0 Å². The zero-order valence-corrected chi connectivity index (χ0v) is 13.6. The largest absolute Gasteiger partial charge is 0.496 e. The number of rotatable bonds is 5. The molecule has 5 heteroatoms. The summed E-state index contributed by atoms with van der Waals surface area (Å²) in [5.41, 5.74) is 3.64. The van der Waals surface area contributed by atoms with Crippen molar-refractivity contribution < 1.29 is 14.6 Å². The number of aliphatic hydroxyl groups excluding tert-OH is 1. The van der Waals surface area contributed by atoms with Gasteiger partial charge in [0.1, 0.15) is 5.75 Å². The number of hydrogen-bond acceptors (Lipinski definition) is 3. The molecule has 5 nitrogen and oxygen atoms in total. The maximum Gasteiger partial charge on any atom is 0.319 e. The first-order valence-corrected chi connectivity index (χ1v) is 7.44. The lowest BCUT2D eigenvalue weighted by Crippen LogP contribution is -2.32. The topological polar surface area (TPSA) is 70.6 Å². The third kappa shape index (κ3) is 4.47. The molecule has 2 rings (SSSR count). The van der Waals surface area contributed by atoms with Crippen LogP contribution in [-0.4, -0.2) is 24.8 Å². The summed E-state index contributed by atoms with van der Waals surface area (Å²) in [6, 6.07) is 12.5. The number of aliphatic hydroxyl groups is 1. The molecular weight excluding hydrogens is 292 g/mol. The highest BCUT2D eigenvalue weighted by Gasteiger charge is 2.13. The molecule has 3 N–H and O–H groups in total. The number of amides is 2. The predicted molar refractivity (Wildman–Crippen MR) is 90.9 cm³/mol. The SMILES string of the molecule is COc1ccccc1C(O)CNC(=O)Nc1ccc(C)c(C)c1. The molecule has 0 saturated heterocycles. The van der Waals surface area contributed by atoms with E-state index in [1.54, 1.807) is 19.2 Å². The van der Waals surface area contributed by atoms with E-state index in [-0.39, 0.29) is 12.6 Å². The molecule has 1 atom stereocenters. The highest BCUT2D eigenvalue weighted by atomic mass is 16.5. The summed E-state index contributed by atoms with van der Waals surface area (Å²) < 4.78 is 5.20. The number of para-hydroxylation sites is 1. The summed E-state index contributed by atoms with van der Waals surface area (Å²) in [7, 11) is 1.55. The molecule has 0 aromatic heterocycles. The molecule has 2 aromatic carbocycles. The van der Waals surface area contributed by atoms with Crippen LogP contribution in [0.15, 0.2) is 42.5 Å². The normalized spacial score (nSPS) is 11.7.